The summed E-state index contributed by atoms with van der Waals surface area (Å²) in [5, 5.41) is 19.1. The fourth-order valence-electron chi connectivity index (χ4n) is 4.34. The van der Waals surface area contributed by atoms with E-state index in [1.54, 1.807) is 17.3 Å². The average Bonchev–Trinajstić information content (AvgIpc) is 3.58. The zero-order valence-corrected chi connectivity index (χ0v) is 19.5. The largest absolute Gasteiger partial charge is 0.498 e. The van der Waals surface area contributed by atoms with Crippen molar-refractivity contribution in [3.05, 3.63) is 12.4 Å². The van der Waals surface area contributed by atoms with Crippen molar-refractivity contribution in [2.45, 2.75) is 89.2 Å². The van der Waals surface area contributed by atoms with Gasteiger partial charge in [-0.15, -0.1) is 0 Å². The van der Waals surface area contributed by atoms with Gasteiger partial charge in [-0.05, 0) is 59.8 Å². The maximum atomic E-state index is 12.6. The van der Waals surface area contributed by atoms with Crippen molar-refractivity contribution in [2.75, 3.05) is 24.6 Å². The van der Waals surface area contributed by atoms with E-state index in [0.717, 1.165) is 37.6 Å². The Morgan fingerprint density at radius 3 is 2.38 bits per heavy atom. The minimum Gasteiger partial charge on any atom is -0.399 e. The van der Waals surface area contributed by atoms with E-state index in [0.29, 0.717) is 25.1 Å². The van der Waals surface area contributed by atoms with Crippen molar-refractivity contribution < 1.29 is 24.3 Å². The number of anilines is 1. The van der Waals surface area contributed by atoms with Gasteiger partial charge in [-0.1, -0.05) is 0 Å². The number of rotatable bonds is 7. The summed E-state index contributed by atoms with van der Waals surface area (Å²) < 4.78 is 12.2. The van der Waals surface area contributed by atoms with Crippen LogP contribution < -0.4 is 10.4 Å². The van der Waals surface area contributed by atoms with Crippen LogP contribution in [0.25, 0.3) is 0 Å². The fraction of sp³-hybridized carbons (Fsp3) is 0.773. The van der Waals surface area contributed by atoms with Gasteiger partial charge in [0, 0.05) is 43.0 Å². The van der Waals surface area contributed by atoms with Crippen LogP contribution in [0.2, 0.25) is 0 Å². The Kier molecular flexibility index (Phi) is 6.51. The van der Waals surface area contributed by atoms with E-state index < -0.39 is 36.9 Å². The van der Waals surface area contributed by atoms with E-state index in [2.05, 4.69) is 14.9 Å². The molecule has 1 amide bonds. The minimum atomic E-state index is -1.36. The van der Waals surface area contributed by atoms with Crippen molar-refractivity contribution in [3.63, 3.8) is 0 Å². The van der Waals surface area contributed by atoms with Gasteiger partial charge in [-0.2, -0.15) is 0 Å². The Hall–Kier alpha value is -1.75. The first-order chi connectivity index (χ1) is 15.1. The summed E-state index contributed by atoms with van der Waals surface area (Å²) in [5.41, 5.74) is -0.0670. The Balaban J connectivity index is 1.48. The summed E-state index contributed by atoms with van der Waals surface area (Å²) in [6.45, 7) is 8.72. The smallest absolute Gasteiger partial charge is 0.399 e. The zero-order valence-electron chi connectivity index (χ0n) is 19.5. The molecule has 1 aromatic rings. The molecule has 1 aromatic heterocycles. The molecule has 2 atom stereocenters. The molecule has 4 rings (SSSR count). The quantitative estimate of drug-likeness (QED) is 0.583. The second-order valence-electron chi connectivity index (χ2n) is 10.2. The predicted molar refractivity (Wildman–Crippen MR) is 121 cm³/mol. The first-order valence-electron chi connectivity index (χ1n) is 11.7. The summed E-state index contributed by atoms with van der Waals surface area (Å²) in [7, 11) is -0.505. The monoisotopic (exact) mass is 446 g/mol. The van der Waals surface area contributed by atoms with Gasteiger partial charge in [0.25, 0.3) is 5.91 Å². The molecule has 3 fully saturated rings. The Bertz CT molecular complexity index is 801. The number of hydrogen-bond acceptors (Lipinski definition) is 8. The number of nitrogens with zero attached hydrogens (tertiary/aromatic N) is 4. The van der Waals surface area contributed by atoms with E-state index in [9.17, 15) is 15.0 Å². The fourth-order valence-corrected chi connectivity index (χ4v) is 4.34. The van der Waals surface area contributed by atoms with E-state index in [1.165, 1.54) is 0 Å². The lowest BCUT2D eigenvalue weighted by molar-refractivity contribution is -0.145. The lowest BCUT2D eigenvalue weighted by Crippen LogP contribution is -2.53. The third kappa shape index (κ3) is 4.64. The van der Waals surface area contributed by atoms with Crippen LogP contribution in [0.15, 0.2) is 12.4 Å². The highest BCUT2D eigenvalue weighted by Gasteiger charge is 2.52. The molecule has 2 aliphatic heterocycles. The summed E-state index contributed by atoms with van der Waals surface area (Å²) in [4.78, 5) is 25.7. The van der Waals surface area contributed by atoms with Gasteiger partial charge < -0.3 is 29.3 Å². The summed E-state index contributed by atoms with van der Waals surface area (Å²) in [6, 6.07) is 0.323. The average molecular weight is 446 g/mol. The number of carbonyl (C=O) groups excluding carboxylic acids is 1. The van der Waals surface area contributed by atoms with Gasteiger partial charge in [-0.3, -0.25) is 4.79 Å². The van der Waals surface area contributed by atoms with Gasteiger partial charge in [0.1, 0.15) is 0 Å². The van der Waals surface area contributed by atoms with Crippen LogP contribution in [0.5, 0.6) is 0 Å². The number of piperidine rings is 1. The molecule has 1 saturated carbocycles. The maximum absolute atomic E-state index is 12.6. The number of amides is 1. The predicted octanol–water partition coefficient (Wildman–Crippen LogP) is 0.479. The molecule has 32 heavy (non-hydrogen) atoms. The van der Waals surface area contributed by atoms with Crippen LogP contribution in [0.4, 0.5) is 5.95 Å². The van der Waals surface area contributed by atoms with E-state index in [-0.39, 0.29) is 6.04 Å². The van der Waals surface area contributed by atoms with Crippen LogP contribution in [0.1, 0.15) is 59.8 Å². The molecule has 0 aromatic carbocycles. The molecule has 9 nitrogen and oxygen atoms in total. The molecule has 0 radical (unpaired) electrons. The van der Waals surface area contributed by atoms with Crippen LogP contribution in [0, 0.1) is 0 Å². The minimum absolute atomic E-state index is 0.0376. The molecule has 10 heteroatoms. The summed E-state index contributed by atoms with van der Waals surface area (Å²) in [6.07, 6.45) is 7.11. The van der Waals surface area contributed by atoms with Gasteiger partial charge in [0.2, 0.25) is 5.95 Å². The van der Waals surface area contributed by atoms with Crippen LogP contribution >= 0.6 is 0 Å². The molecule has 3 aliphatic rings. The highest BCUT2D eigenvalue weighted by molar-refractivity contribution is 6.61. The molecule has 2 saturated heterocycles. The van der Waals surface area contributed by atoms with Gasteiger partial charge in [0.15, 0.2) is 6.10 Å². The normalized spacial score (nSPS) is 25.6. The molecule has 0 spiro atoms. The van der Waals surface area contributed by atoms with Crippen molar-refractivity contribution in [1.29, 1.82) is 0 Å². The topological polar surface area (TPSA) is 108 Å². The Morgan fingerprint density at radius 2 is 1.81 bits per heavy atom. The molecular formula is C22H35BN4O5. The van der Waals surface area contributed by atoms with E-state index in [1.807, 2.05) is 27.7 Å². The second-order valence-corrected chi connectivity index (χ2v) is 10.2. The van der Waals surface area contributed by atoms with Crippen LogP contribution in [0.3, 0.4) is 0 Å². The van der Waals surface area contributed by atoms with Gasteiger partial charge in [0.05, 0.1) is 17.8 Å². The molecule has 176 valence electrons. The second kappa shape index (κ2) is 8.89. The number of aromatic nitrogens is 2. The molecule has 3 heterocycles. The molecule has 1 aliphatic carbocycles. The molecule has 0 unspecified atom stereocenters. The Morgan fingerprint density at radius 1 is 1.19 bits per heavy atom. The Labute approximate surface area is 190 Å². The van der Waals surface area contributed by atoms with Gasteiger partial charge in [-0.25, -0.2) is 9.97 Å². The van der Waals surface area contributed by atoms with E-state index in [4.69, 9.17) is 9.31 Å². The van der Waals surface area contributed by atoms with E-state index >= 15 is 0 Å². The third-order valence-electron chi connectivity index (χ3n) is 7.20. The molecule has 2 N–H and O–H groups in total. The lowest BCUT2D eigenvalue weighted by Gasteiger charge is -2.39. The van der Waals surface area contributed by atoms with Crippen molar-refractivity contribution in [1.82, 2.24) is 14.9 Å². The van der Waals surface area contributed by atoms with Crippen LogP contribution in [-0.4, -0.2) is 87.2 Å². The third-order valence-corrected chi connectivity index (χ3v) is 7.20. The maximum Gasteiger partial charge on any atom is 0.498 e. The van der Waals surface area contributed by atoms with Gasteiger partial charge >= 0.3 is 7.12 Å². The standard InChI is InChI=1S/C22H35BN4O5/c1-21(2)22(3,4)32-23(31-21)15-11-24-20(25-12-15)27(16-8-9-16)13-17-7-5-6-10-26(17)19(30)18(29)14-28/h11-12,16-18,28-29H,5-10,13-14H2,1-4H3/t17-,18-/m1/s1. The van der Waals surface area contributed by atoms with Crippen molar-refractivity contribution in [2.24, 2.45) is 0 Å². The number of aliphatic hydroxyl groups excluding tert-OH is 2. The van der Waals surface area contributed by atoms with Crippen molar-refractivity contribution >= 4 is 24.4 Å². The number of hydrogen-bond donors (Lipinski definition) is 2. The molecule has 0 bridgehead atoms. The van der Waals surface area contributed by atoms with Crippen LogP contribution in [-0.2, 0) is 14.1 Å². The molecular weight excluding hydrogens is 411 g/mol. The first kappa shape index (κ1) is 23.4. The van der Waals surface area contributed by atoms with Crippen molar-refractivity contribution in [3.8, 4) is 0 Å². The number of aliphatic hydroxyl groups is 2. The highest BCUT2D eigenvalue weighted by Crippen LogP contribution is 2.36. The number of likely N-dealkylation sites (tertiary alicyclic amines) is 1. The lowest BCUT2D eigenvalue weighted by atomic mass is 9.81. The first-order valence-corrected chi connectivity index (χ1v) is 11.7. The summed E-state index contributed by atoms with van der Waals surface area (Å²) >= 11 is 0. The SMILES string of the molecule is CC1(C)OB(c2cnc(N(C[C@H]3CCCCN3C(=O)[C@H](O)CO)C3CC3)nc2)OC1(C)C. The highest BCUT2D eigenvalue weighted by atomic mass is 16.7. The summed E-state index contributed by atoms with van der Waals surface area (Å²) in [5.74, 6) is 0.235. The number of carbonyl (C=O) groups is 1. The zero-order chi connectivity index (χ0) is 23.1.